The van der Waals surface area contributed by atoms with E-state index in [1.54, 1.807) is 0 Å². The maximum absolute atomic E-state index is 3.31. The average Bonchev–Trinajstić information content (AvgIpc) is 1.38. The van der Waals surface area contributed by atoms with Gasteiger partial charge in [0.05, 0.1) is 0 Å². The maximum atomic E-state index is 3.31. The van der Waals surface area contributed by atoms with Crippen LogP contribution in [0.1, 0.15) is 13.8 Å². The van der Waals surface area contributed by atoms with Gasteiger partial charge in [0.25, 0.3) is 0 Å². The van der Waals surface area contributed by atoms with E-state index in [4.69, 9.17) is 0 Å². The van der Waals surface area contributed by atoms with Crippen LogP contribution in [-0.4, -0.2) is 28.4 Å². The molecule has 2 heteroatoms. The first-order chi connectivity index (χ1) is 2.27. The Balaban J connectivity index is 0. The maximum Gasteiger partial charge on any atom is 0.316 e. The van der Waals surface area contributed by atoms with E-state index in [2.05, 4.69) is 29.8 Å². The molecule has 0 aliphatic heterocycles. The molecule has 0 saturated heterocycles. The summed E-state index contributed by atoms with van der Waals surface area (Å²) in [5.41, 5.74) is 0. The normalized spacial score (nSPS) is 8.00. The molecule has 0 aromatic carbocycles. The standard InChI is InChI=1S/C4H9Br.Mg.2H/c1-4(2)3-5;;;/h4H,3H2,1-2H3;;;. The number of halogens is 1. The van der Waals surface area contributed by atoms with Crippen LogP contribution in [0.2, 0.25) is 0 Å². The van der Waals surface area contributed by atoms with Crippen molar-refractivity contribution in [2.45, 2.75) is 13.8 Å². The van der Waals surface area contributed by atoms with Crippen LogP contribution in [0.15, 0.2) is 0 Å². The van der Waals surface area contributed by atoms with Gasteiger partial charge in [-0.3, -0.25) is 0 Å². The number of alkyl halides is 1. The fraction of sp³-hybridized carbons (Fsp3) is 1.00. The first-order valence-electron chi connectivity index (χ1n) is 1.83. The van der Waals surface area contributed by atoms with Gasteiger partial charge in [0.2, 0.25) is 0 Å². The fourth-order valence-corrected chi connectivity index (χ4v) is 0. The first-order valence-corrected chi connectivity index (χ1v) is 2.95. The van der Waals surface area contributed by atoms with Crippen molar-refractivity contribution in [1.82, 2.24) is 0 Å². The summed E-state index contributed by atoms with van der Waals surface area (Å²) >= 11 is 3.31. The van der Waals surface area contributed by atoms with E-state index in [9.17, 15) is 0 Å². The summed E-state index contributed by atoms with van der Waals surface area (Å²) in [6, 6.07) is 0. The van der Waals surface area contributed by atoms with Gasteiger partial charge < -0.3 is 0 Å². The summed E-state index contributed by atoms with van der Waals surface area (Å²) in [7, 11) is 0. The molecule has 6 heavy (non-hydrogen) atoms. The second-order valence-electron chi connectivity index (χ2n) is 1.55. The van der Waals surface area contributed by atoms with Crippen LogP contribution in [0.3, 0.4) is 0 Å². The van der Waals surface area contributed by atoms with Crippen LogP contribution in [0.4, 0.5) is 0 Å². The summed E-state index contributed by atoms with van der Waals surface area (Å²) in [4.78, 5) is 0. The number of rotatable bonds is 1. The smallest absolute Gasteiger partial charge is 0.0925 e. The van der Waals surface area contributed by atoms with E-state index in [-0.39, 0.29) is 23.1 Å². The van der Waals surface area contributed by atoms with Crippen molar-refractivity contribution in [3.63, 3.8) is 0 Å². The highest BCUT2D eigenvalue weighted by molar-refractivity contribution is 9.09. The highest BCUT2D eigenvalue weighted by atomic mass is 79.9. The second kappa shape index (κ2) is 6.25. The van der Waals surface area contributed by atoms with Crippen LogP contribution >= 0.6 is 15.9 Å². The van der Waals surface area contributed by atoms with Gasteiger partial charge in [0.15, 0.2) is 0 Å². The summed E-state index contributed by atoms with van der Waals surface area (Å²) in [6.07, 6.45) is 0. The Bertz CT molecular complexity index is 21.5. The monoisotopic (exact) mass is 162 g/mol. The summed E-state index contributed by atoms with van der Waals surface area (Å²) < 4.78 is 0. The lowest BCUT2D eigenvalue weighted by Crippen LogP contribution is -1.82. The van der Waals surface area contributed by atoms with Crippen molar-refractivity contribution in [3.05, 3.63) is 0 Å². The van der Waals surface area contributed by atoms with Crippen LogP contribution in [0.5, 0.6) is 0 Å². The van der Waals surface area contributed by atoms with Gasteiger partial charge in [-0.1, -0.05) is 29.8 Å². The molecular formula is C4H11BrMg. The predicted molar refractivity (Wildman–Crippen MR) is 37.2 cm³/mol. The molecule has 0 aliphatic rings. The van der Waals surface area contributed by atoms with Crippen molar-refractivity contribution in [2.24, 2.45) is 5.92 Å². The molecule has 0 aromatic rings. The molecule has 0 atom stereocenters. The lowest BCUT2D eigenvalue weighted by molar-refractivity contribution is 0.756. The molecule has 0 unspecified atom stereocenters. The summed E-state index contributed by atoms with van der Waals surface area (Å²) in [5.74, 6) is 0.801. The molecule has 0 heterocycles. The van der Waals surface area contributed by atoms with Crippen LogP contribution < -0.4 is 0 Å². The predicted octanol–water partition coefficient (Wildman–Crippen LogP) is 1.12. The van der Waals surface area contributed by atoms with Crippen molar-refractivity contribution in [3.8, 4) is 0 Å². The van der Waals surface area contributed by atoms with E-state index < -0.39 is 0 Å². The molecule has 0 saturated carbocycles. The SMILES string of the molecule is CC(C)CBr.[MgH2]. The molecular weight excluding hydrogens is 152 g/mol. The molecule has 0 nitrogen and oxygen atoms in total. The van der Waals surface area contributed by atoms with Gasteiger partial charge in [-0.05, 0) is 5.92 Å². The minimum absolute atomic E-state index is 0. The number of hydrogen-bond acceptors (Lipinski definition) is 0. The zero-order chi connectivity index (χ0) is 4.28. The van der Waals surface area contributed by atoms with E-state index in [1.807, 2.05) is 0 Å². The van der Waals surface area contributed by atoms with Gasteiger partial charge in [0, 0.05) is 5.33 Å². The molecule has 0 aliphatic carbocycles. The van der Waals surface area contributed by atoms with Gasteiger partial charge in [-0.15, -0.1) is 0 Å². The zero-order valence-corrected chi connectivity index (χ0v) is 5.25. The lowest BCUT2D eigenvalue weighted by atomic mass is 10.3. The average molecular weight is 163 g/mol. The van der Waals surface area contributed by atoms with Crippen LogP contribution in [0.25, 0.3) is 0 Å². The third-order valence-electron chi connectivity index (χ3n) is 0.309. The van der Waals surface area contributed by atoms with E-state index in [0.29, 0.717) is 0 Å². The van der Waals surface area contributed by atoms with Crippen LogP contribution in [-0.2, 0) is 0 Å². The highest BCUT2D eigenvalue weighted by Crippen LogP contribution is 1.94. The van der Waals surface area contributed by atoms with Crippen molar-refractivity contribution in [2.75, 3.05) is 5.33 Å². The van der Waals surface area contributed by atoms with Crippen molar-refractivity contribution in [1.29, 1.82) is 0 Å². The Kier molecular flexibility index (Phi) is 10.7. The second-order valence-corrected chi connectivity index (χ2v) is 2.20. The molecule has 0 N–H and O–H groups in total. The van der Waals surface area contributed by atoms with Gasteiger partial charge in [-0.25, -0.2) is 0 Å². The Morgan fingerprint density at radius 1 is 1.50 bits per heavy atom. The molecule has 36 valence electrons. The van der Waals surface area contributed by atoms with Gasteiger partial charge >= 0.3 is 23.1 Å². The summed E-state index contributed by atoms with van der Waals surface area (Å²) in [5, 5.41) is 1.12. The Morgan fingerprint density at radius 3 is 1.67 bits per heavy atom. The Morgan fingerprint density at radius 2 is 1.67 bits per heavy atom. The molecule has 0 fully saturated rings. The molecule has 0 rings (SSSR count). The van der Waals surface area contributed by atoms with Crippen molar-refractivity contribution < 1.29 is 0 Å². The fourth-order valence-electron chi connectivity index (χ4n) is 0. The molecule has 0 radical (unpaired) electrons. The zero-order valence-electron chi connectivity index (χ0n) is 3.66. The molecule has 0 amide bonds. The first kappa shape index (κ1) is 10.3. The minimum Gasteiger partial charge on any atom is -0.0925 e. The summed E-state index contributed by atoms with van der Waals surface area (Å²) in [6.45, 7) is 4.35. The van der Waals surface area contributed by atoms with Crippen LogP contribution in [0, 0.1) is 5.92 Å². The minimum atomic E-state index is 0. The highest BCUT2D eigenvalue weighted by Gasteiger charge is 1.81. The molecule has 0 bridgehead atoms. The Hall–Kier alpha value is 1.25. The number of hydrogen-bond donors (Lipinski definition) is 0. The largest absolute Gasteiger partial charge is 0.316 e. The molecule has 0 spiro atoms. The van der Waals surface area contributed by atoms with Crippen molar-refractivity contribution >= 4 is 39.0 Å². The van der Waals surface area contributed by atoms with E-state index in [1.165, 1.54) is 0 Å². The quantitative estimate of drug-likeness (QED) is 0.401. The van der Waals surface area contributed by atoms with Gasteiger partial charge in [0.1, 0.15) is 0 Å². The third-order valence-corrected chi connectivity index (χ3v) is 1.60. The van der Waals surface area contributed by atoms with E-state index >= 15 is 0 Å². The molecule has 0 aromatic heterocycles. The third kappa shape index (κ3) is 8.98. The topological polar surface area (TPSA) is 0 Å². The van der Waals surface area contributed by atoms with E-state index in [0.717, 1.165) is 11.2 Å². The van der Waals surface area contributed by atoms with Gasteiger partial charge in [-0.2, -0.15) is 0 Å². The Labute approximate surface area is 64.0 Å². The lowest BCUT2D eigenvalue weighted by Gasteiger charge is -1.88.